The number of aromatic nitrogens is 3. The van der Waals surface area contributed by atoms with Crippen LogP contribution in [-0.4, -0.2) is 38.8 Å². The van der Waals surface area contributed by atoms with E-state index >= 15 is 0 Å². The van der Waals surface area contributed by atoms with Crippen molar-refractivity contribution in [3.8, 4) is 10.4 Å². The summed E-state index contributed by atoms with van der Waals surface area (Å²) in [5.74, 6) is 0.380. The molecule has 0 unspecified atom stereocenters. The van der Waals surface area contributed by atoms with Gasteiger partial charge in [0.15, 0.2) is 0 Å². The maximum atomic E-state index is 13.0. The van der Waals surface area contributed by atoms with Gasteiger partial charge >= 0.3 is 0 Å². The van der Waals surface area contributed by atoms with Gasteiger partial charge in [-0.25, -0.2) is 15.0 Å². The van der Waals surface area contributed by atoms with Crippen molar-refractivity contribution in [2.75, 3.05) is 13.1 Å². The molecular weight excluding hydrogens is 356 g/mol. The lowest BCUT2D eigenvalue weighted by molar-refractivity contribution is 0.0706. The van der Waals surface area contributed by atoms with Gasteiger partial charge in [0.05, 0.1) is 15.6 Å². The molecule has 0 saturated carbocycles. The van der Waals surface area contributed by atoms with Crippen LogP contribution in [0.2, 0.25) is 0 Å². The summed E-state index contributed by atoms with van der Waals surface area (Å²) in [4.78, 5) is 29.0. The minimum absolute atomic E-state index is 0.0949. The molecule has 1 aliphatic rings. The van der Waals surface area contributed by atoms with Gasteiger partial charge in [0.25, 0.3) is 5.91 Å². The second kappa shape index (κ2) is 7.56. The zero-order valence-electron chi connectivity index (χ0n) is 15.6. The standard InChI is InChI=1S/C21H22N4OS/c1-14-20(27-15(2)24-14)16-5-7-17(8-6-16)21(26)25-11-3-4-18(12-25)19-9-10-22-13-23-19/h5-10,13,18H,3-4,11-12H2,1-2H3/t18-/m1/s1. The van der Waals surface area contributed by atoms with Gasteiger partial charge in [-0.2, -0.15) is 0 Å². The number of thiazole rings is 1. The Morgan fingerprint density at radius 2 is 2.00 bits per heavy atom. The lowest BCUT2D eigenvalue weighted by Crippen LogP contribution is -2.39. The quantitative estimate of drug-likeness (QED) is 0.684. The summed E-state index contributed by atoms with van der Waals surface area (Å²) in [7, 11) is 0. The van der Waals surface area contributed by atoms with Crippen molar-refractivity contribution in [2.24, 2.45) is 0 Å². The minimum Gasteiger partial charge on any atom is -0.338 e. The van der Waals surface area contributed by atoms with Crippen LogP contribution in [0.15, 0.2) is 42.9 Å². The van der Waals surface area contributed by atoms with E-state index in [0.29, 0.717) is 6.54 Å². The van der Waals surface area contributed by atoms with Crippen molar-refractivity contribution in [1.29, 1.82) is 0 Å². The van der Waals surface area contributed by atoms with Crippen LogP contribution in [-0.2, 0) is 0 Å². The van der Waals surface area contributed by atoms with E-state index in [1.165, 1.54) is 4.88 Å². The molecule has 27 heavy (non-hydrogen) atoms. The van der Waals surface area contributed by atoms with Crippen LogP contribution in [0.5, 0.6) is 0 Å². The average Bonchev–Trinajstić information content (AvgIpc) is 3.06. The Balaban J connectivity index is 1.50. The van der Waals surface area contributed by atoms with Gasteiger partial charge in [-0.3, -0.25) is 4.79 Å². The number of carbonyl (C=O) groups is 1. The van der Waals surface area contributed by atoms with Crippen LogP contribution in [0.25, 0.3) is 10.4 Å². The molecular formula is C21H22N4OS. The van der Waals surface area contributed by atoms with Gasteiger partial charge in [0.1, 0.15) is 6.33 Å². The summed E-state index contributed by atoms with van der Waals surface area (Å²) >= 11 is 1.69. The molecule has 1 saturated heterocycles. The van der Waals surface area contributed by atoms with Gasteiger partial charge in [-0.05, 0) is 50.5 Å². The topological polar surface area (TPSA) is 59.0 Å². The van der Waals surface area contributed by atoms with E-state index in [-0.39, 0.29) is 11.8 Å². The summed E-state index contributed by atoms with van der Waals surface area (Å²) in [6, 6.07) is 9.87. The molecule has 6 heteroatoms. The third-order valence-corrected chi connectivity index (χ3v) is 6.15. The van der Waals surface area contributed by atoms with Gasteiger partial charge in [-0.1, -0.05) is 12.1 Å². The first-order valence-electron chi connectivity index (χ1n) is 9.21. The molecule has 0 spiro atoms. The molecule has 1 fully saturated rings. The summed E-state index contributed by atoms with van der Waals surface area (Å²) in [6.07, 6.45) is 5.41. The smallest absolute Gasteiger partial charge is 0.253 e. The molecule has 2 aromatic heterocycles. The summed E-state index contributed by atoms with van der Waals surface area (Å²) in [6.45, 7) is 5.56. The highest BCUT2D eigenvalue weighted by molar-refractivity contribution is 7.15. The number of hydrogen-bond donors (Lipinski definition) is 0. The summed E-state index contributed by atoms with van der Waals surface area (Å²) in [5, 5.41) is 1.06. The Morgan fingerprint density at radius 3 is 2.67 bits per heavy atom. The minimum atomic E-state index is 0.0949. The molecule has 138 valence electrons. The van der Waals surface area contributed by atoms with Gasteiger partial charge < -0.3 is 4.90 Å². The highest BCUT2D eigenvalue weighted by Gasteiger charge is 2.26. The molecule has 1 amide bonds. The number of piperidine rings is 1. The van der Waals surface area contributed by atoms with Crippen molar-refractivity contribution in [1.82, 2.24) is 19.9 Å². The van der Waals surface area contributed by atoms with Gasteiger partial charge in [0, 0.05) is 36.5 Å². The molecule has 1 aliphatic heterocycles. The number of likely N-dealkylation sites (tertiary alicyclic amines) is 1. The van der Waals surface area contributed by atoms with Gasteiger partial charge in [0.2, 0.25) is 0 Å². The number of rotatable bonds is 3. The van der Waals surface area contributed by atoms with Crippen LogP contribution >= 0.6 is 11.3 Å². The monoisotopic (exact) mass is 378 g/mol. The Morgan fingerprint density at radius 1 is 1.19 bits per heavy atom. The van der Waals surface area contributed by atoms with Crippen LogP contribution in [0.4, 0.5) is 0 Å². The van der Waals surface area contributed by atoms with Crippen molar-refractivity contribution in [3.05, 3.63) is 64.8 Å². The molecule has 4 rings (SSSR count). The van der Waals surface area contributed by atoms with Crippen LogP contribution in [0.3, 0.4) is 0 Å². The largest absolute Gasteiger partial charge is 0.338 e. The molecule has 3 heterocycles. The first-order valence-corrected chi connectivity index (χ1v) is 10.0. The summed E-state index contributed by atoms with van der Waals surface area (Å²) in [5.41, 5.74) is 3.92. The second-order valence-corrected chi connectivity index (χ2v) is 8.15. The Hall–Kier alpha value is -2.60. The number of benzene rings is 1. The number of carbonyl (C=O) groups excluding carboxylic acids is 1. The van der Waals surface area contributed by atoms with Crippen molar-refractivity contribution < 1.29 is 4.79 Å². The first-order chi connectivity index (χ1) is 13.1. The molecule has 1 atom stereocenters. The molecule has 5 nitrogen and oxygen atoms in total. The fraction of sp³-hybridized carbons (Fsp3) is 0.333. The predicted octanol–water partition coefficient (Wildman–Crippen LogP) is 4.24. The Labute approximate surface area is 163 Å². The maximum absolute atomic E-state index is 13.0. The highest BCUT2D eigenvalue weighted by atomic mass is 32.1. The molecule has 0 radical (unpaired) electrons. The van der Waals surface area contributed by atoms with E-state index < -0.39 is 0 Å². The van der Waals surface area contributed by atoms with Crippen molar-refractivity contribution >= 4 is 17.2 Å². The number of hydrogen-bond acceptors (Lipinski definition) is 5. The normalized spacial score (nSPS) is 17.1. The van der Waals surface area contributed by atoms with E-state index in [2.05, 4.69) is 15.0 Å². The first kappa shape index (κ1) is 17.8. The average molecular weight is 379 g/mol. The predicted molar refractivity (Wildman–Crippen MR) is 107 cm³/mol. The molecule has 0 N–H and O–H groups in total. The van der Waals surface area contributed by atoms with E-state index in [1.54, 1.807) is 23.9 Å². The highest BCUT2D eigenvalue weighted by Crippen LogP contribution is 2.30. The van der Waals surface area contributed by atoms with Crippen LogP contribution < -0.4 is 0 Å². The zero-order valence-corrected chi connectivity index (χ0v) is 16.4. The molecule has 3 aromatic rings. The SMILES string of the molecule is Cc1nc(C)c(-c2ccc(C(=O)N3CCC[C@@H](c4ccncn4)C3)cc2)s1. The third kappa shape index (κ3) is 3.76. The van der Waals surface area contributed by atoms with Crippen molar-refractivity contribution in [3.63, 3.8) is 0 Å². The fourth-order valence-corrected chi connectivity index (χ4v) is 4.62. The molecule has 1 aromatic carbocycles. The van der Waals surface area contributed by atoms with E-state index in [0.717, 1.165) is 46.9 Å². The number of aryl methyl sites for hydroxylation is 2. The Kier molecular flexibility index (Phi) is 4.99. The van der Waals surface area contributed by atoms with Crippen LogP contribution in [0, 0.1) is 13.8 Å². The van der Waals surface area contributed by atoms with E-state index in [9.17, 15) is 4.79 Å². The summed E-state index contributed by atoms with van der Waals surface area (Å²) < 4.78 is 0. The lowest BCUT2D eigenvalue weighted by atomic mass is 9.94. The van der Waals surface area contributed by atoms with E-state index in [4.69, 9.17) is 0 Å². The third-order valence-electron chi connectivity index (χ3n) is 5.03. The van der Waals surface area contributed by atoms with E-state index in [1.807, 2.05) is 49.1 Å². The zero-order chi connectivity index (χ0) is 18.8. The fourth-order valence-electron chi connectivity index (χ4n) is 3.69. The van der Waals surface area contributed by atoms with Crippen LogP contribution in [0.1, 0.15) is 45.5 Å². The Bertz CT molecular complexity index is 937. The maximum Gasteiger partial charge on any atom is 0.253 e. The lowest BCUT2D eigenvalue weighted by Gasteiger charge is -2.32. The van der Waals surface area contributed by atoms with Crippen molar-refractivity contribution in [2.45, 2.75) is 32.6 Å². The number of amides is 1. The number of nitrogens with zero attached hydrogens (tertiary/aromatic N) is 4. The molecule has 0 bridgehead atoms. The molecule has 0 aliphatic carbocycles. The van der Waals surface area contributed by atoms with Gasteiger partial charge in [-0.15, -0.1) is 11.3 Å². The second-order valence-electron chi connectivity index (χ2n) is 6.95.